The zero-order chi connectivity index (χ0) is 13.0. The van der Waals surface area contributed by atoms with Crippen molar-refractivity contribution in [3.05, 3.63) is 33.8 Å². The molecule has 3 heteroatoms. The molecule has 0 N–H and O–H groups in total. The van der Waals surface area contributed by atoms with E-state index < -0.39 is 0 Å². The van der Waals surface area contributed by atoms with Gasteiger partial charge in [-0.25, -0.2) is 0 Å². The minimum absolute atomic E-state index is 0.642. The number of piperidine rings is 1. The second-order valence-electron chi connectivity index (χ2n) is 5.28. The Hall–Kier alpha value is -0.240. The van der Waals surface area contributed by atoms with Crippen LogP contribution in [0.15, 0.2) is 18.2 Å². The highest BCUT2D eigenvalue weighted by Crippen LogP contribution is 2.25. The third kappa shape index (κ3) is 3.88. The highest BCUT2D eigenvalue weighted by Gasteiger charge is 2.19. The van der Waals surface area contributed by atoms with Crippen molar-refractivity contribution in [2.75, 3.05) is 13.1 Å². The van der Waals surface area contributed by atoms with Crippen LogP contribution in [0.2, 0.25) is 10.0 Å². The number of hydrogen-bond donors (Lipinski definition) is 0. The van der Waals surface area contributed by atoms with Crippen molar-refractivity contribution >= 4 is 23.2 Å². The average molecular weight is 286 g/mol. The van der Waals surface area contributed by atoms with Crippen LogP contribution in [0.5, 0.6) is 0 Å². The van der Waals surface area contributed by atoms with Gasteiger partial charge >= 0.3 is 0 Å². The van der Waals surface area contributed by atoms with E-state index in [2.05, 4.69) is 17.9 Å². The molecule has 0 spiro atoms. The van der Waals surface area contributed by atoms with Gasteiger partial charge in [0, 0.05) is 13.1 Å². The molecule has 1 aliphatic rings. The third-order valence-electron chi connectivity index (χ3n) is 3.69. The van der Waals surface area contributed by atoms with Crippen molar-refractivity contribution in [2.45, 2.75) is 39.2 Å². The minimum atomic E-state index is 0.642. The molecule has 1 fully saturated rings. The molecule has 1 saturated heterocycles. The van der Waals surface area contributed by atoms with Crippen molar-refractivity contribution < 1.29 is 0 Å². The van der Waals surface area contributed by atoms with E-state index in [4.69, 9.17) is 23.2 Å². The Kier molecular flexibility index (Phi) is 5.35. The number of likely N-dealkylation sites (tertiary alicyclic amines) is 1. The highest BCUT2D eigenvalue weighted by atomic mass is 35.5. The maximum Gasteiger partial charge on any atom is 0.0595 e. The Bertz CT molecular complexity index is 390. The number of halogens is 2. The molecule has 18 heavy (non-hydrogen) atoms. The predicted octanol–water partition coefficient (Wildman–Crippen LogP) is 5.01. The fourth-order valence-corrected chi connectivity index (χ4v) is 3.16. The van der Waals surface area contributed by atoms with Gasteiger partial charge in [-0.15, -0.1) is 0 Å². The van der Waals surface area contributed by atoms with E-state index in [9.17, 15) is 0 Å². The van der Waals surface area contributed by atoms with Gasteiger partial charge in [0.15, 0.2) is 0 Å². The van der Waals surface area contributed by atoms with Crippen LogP contribution in [0.4, 0.5) is 0 Å². The van der Waals surface area contributed by atoms with Crippen molar-refractivity contribution in [3.8, 4) is 0 Å². The van der Waals surface area contributed by atoms with Gasteiger partial charge in [-0.05, 0) is 49.4 Å². The number of nitrogens with zero attached hydrogens (tertiary/aromatic N) is 1. The lowest BCUT2D eigenvalue weighted by Crippen LogP contribution is -2.34. The van der Waals surface area contributed by atoms with Crippen LogP contribution in [-0.4, -0.2) is 18.0 Å². The largest absolute Gasteiger partial charge is 0.299 e. The van der Waals surface area contributed by atoms with Gasteiger partial charge in [0.25, 0.3) is 0 Å². The summed E-state index contributed by atoms with van der Waals surface area (Å²) in [4.78, 5) is 2.55. The number of benzene rings is 1. The zero-order valence-corrected chi connectivity index (χ0v) is 12.5. The molecule has 0 bridgehead atoms. The monoisotopic (exact) mass is 285 g/mol. The van der Waals surface area contributed by atoms with Crippen molar-refractivity contribution in [3.63, 3.8) is 0 Å². The Morgan fingerprint density at radius 1 is 1.28 bits per heavy atom. The van der Waals surface area contributed by atoms with Gasteiger partial charge < -0.3 is 0 Å². The lowest BCUT2D eigenvalue weighted by atomic mass is 9.93. The predicted molar refractivity (Wildman–Crippen MR) is 79.4 cm³/mol. The molecular weight excluding hydrogens is 265 g/mol. The Balaban J connectivity index is 1.93. The summed E-state index contributed by atoms with van der Waals surface area (Å²) in [5.74, 6) is 0.881. The van der Waals surface area contributed by atoms with Crippen LogP contribution in [0.25, 0.3) is 0 Å². The van der Waals surface area contributed by atoms with Crippen LogP contribution >= 0.6 is 23.2 Å². The standard InChI is InChI=1S/C15H21Cl2N/c1-2-4-12-5-3-8-18(10-12)11-13-6-7-14(16)15(17)9-13/h6-7,9,12H,2-5,8,10-11H2,1H3. The number of hydrogen-bond acceptors (Lipinski definition) is 1. The summed E-state index contributed by atoms with van der Waals surface area (Å²) in [6, 6.07) is 5.97. The molecule has 1 heterocycles. The molecule has 1 aromatic carbocycles. The molecule has 1 nitrogen and oxygen atoms in total. The minimum Gasteiger partial charge on any atom is -0.299 e. The quantitative estimate of drug-likeness (QED) is 0.752. The molecule has 0 aromatic heterocycles. The van der Waals surface area contributed by atoms with Crippen LogP contribution in [0.3, 0.4) is 0 Å². The molecule has 100 valence electrons. The first-order valence-electron chi connectivity index (χ1n) is 6.85. The number of rotatable bonds is 4. The molecule has 0 aliphatic carbocycles. The van der Waals surface area contributed by atoms with Gasteiger partial charge in [-0.3, -0.25) is 4.90 Å². The summed E-state index contributed by atoms with van der Waals surface area (Å²) in [5, 5.41) is 1.30. The molecule has 1 unspecified atom stereocenters. The second kappa shape index (κ2) is 6.79. The van der Waals surface area contributed by atoms with Crippen LogP contribution in [0.1, 0.15) is 38.2 Å². The van der Waals surface area contributed by atoms with E-state index in [1.807, 2.05) is 12.1 Å². The highest BCUT2D eigenvalue weighted by molar-refractivity contribution is 6.42. The molecule has 1 aromatic rings. The maximum absolute atomic E-state index is 6.06. The van der Waals surface area contributed by atoms with Crippen molar-refractivity contribution in [2.24, 2.45) is 5.92 Å². The average Bonchev–Trinajstić information content (AvgIpc) is 2.35. The molecule has 0 saturated carbocycles. The molecule has 2 rings (SSSR count). The molecule has 0 amide bonds. The normalized spacial score (nSPS) is 21.2. The molecule has 1 atom stereocenters. The Morgan fingerprint density at radius 2 is 2.11 bits per heavy atom. The molecule has 1 aliphatic heterocycles. The van der Waals surface area contributed by atoms with Gasteiger partial charge in [0.05, 0.1) is 10.0 Å². The summed E-state index contributed by atoms with van der Waals surface area (Å²) < 4.78 is 0. The first-order valence-corrected chi connectivity index (χ1v) is 7.61. The lowest BCUT2D eigenvalue weighted by Gasteiger charge is -2.32. The van der Waals surface area contributed by atoms with E-state index in [1.165, 1.54) is 44.3 Å². The molecular formula is C15H21Cl2N. The van der Waals surface area contributed by atoms with Crippen LogP contribution in [0, 0.1) is 5.92 Å². The summed E-state index contributed by atoms with van der Waals surface area (Å²) >= 11 is 12.0. The first-order chi connectivity index (χ1) is 8.69. The first kappa shape index (κ1) is 14.2. The SMILES string of the molecule is CCCC1CCCN(Cc2ccc(Cl)c(Cl)c2)C1. The van der Waals surface area contributed by atoms with E-state index in [0.29, 0.717) is 10.0 Å². The maximum atomic E-state index is 6.06. The zero-order valence-electron chi connectivity index (χ0n) is 11.0. The van der Waals surface area contributed by atoms with Gasteiger partial charge in [-0.2, -0.15) is 0 Å². The van der Waals surface area contributed by atoms with Gasteiger partial charge in [0.2, 0.25) is 0 Å². The summed E-state index contributed by atoms with van der Waals surface area (Å²) in [5.41, 5.74) is 1.27. The topological polar surface area (TPSA) is 3.24 Å². The van der Waals surface area contributed by atoms with Gasteiger partial charge in [0.1, 0.15) is 0 Å². The molecule has 0 radical (unpaired) electrons. The van der Waals surface area contributed by atoms with E-state index in [-0.39, 0.29) is 0 Å². The lowest BCUT2D eigenvalue weighted by molar-refractivity contribution is 0.161. The van der Waals surface area contributed by atoms with Crippen LogP contribution < -0.4 is 0 Å². The second-order valence-corrected chi connectivity index (χ2v) is 6.09. The van der Waals surface area contributed by atoms with E-state index in [0.717, 1.165) is 12.5 Å². The Labute approximate surface area is 120 Å². The summed E-state index contributed by atoms with van der Waals surface area (Å²) in [6.07, 6.45) is 5.38. The smallest absolute Gasteiger partial charge is 0.0595 e. The summed E-state index contributed by atoms with van der Waals surface area (Å²) in [7, 11) is 0. The van der Waals surface area contributed by atoms with Crippen LogP contribution in [-0.2, 0) is 6.54 Å². The fraction of sp³-hybridized carbons (Fsp3) is 0.600. The van der Waals surface area contributed by atoms with Gasteiger partial charge in [-0.1, -0.05) is 42.6 Å². The van der Waals surface area contributed by atoms with E-state index >= 15 is 0 Å². The van der Waals surface area contributed by atoms with E-state index in [1.54, 1.807) is 0 Å². The Morgan fingerprint density at radius 3 is 2.83 bits per heavy atom. The third-order valence-corrected chi connectivity index (χ3v) is 4.43. The van der Waals surface area contributed by atoms with Crippen molar-refractivity contribution in [1.29, 1.82) is 0 Å². The van der Waals surface area contributed by atoms with Crippen molar-refractivity contribution in [1.82, 2.24) is 4.90 Å². The fourth-order valence-electron chi connectivity index (χ4n) is 2.83. The summed E-state index contributed by atoms with van der Waals surface area (Å²) in [6.45, 7) is 5.71.